The van der Waals surface area contributed by atoms with Crippen molar-refractivity contribution >= 4 is 15.9 Å². The van der Waals surface area contributed by atoms with Crippen LogP contribution in [0.4, 0.5) is 8.78 Å². The van der Waals surface area contributed by atoms with Crippen LogP contribution in [0.1, 0.15) is 31.2 Å². The van der Waals surface area contributed by atoms with Gasteiger partial charge in [-0.2, -0.15) is 0 Å². The molecule has 0 atom stereocenters. The topological polar surface area (TPSA) is 15.3 Å². The summed E-state index contributed by atoms with van der Waals surface area (Å²) < 4.78 is 28.1. The van der Waals surface area contributed by atoms with Crippen molar-refractivity contribution in [1.82, 2.24) is 10.2 Å². The number of hydrogen-bond acceptors (Lipinski definition) is 2. The lowest BCUT2D eigenvalue weighted by Gasteiger charge is -2.34. The number of hydrogen-bond donors (Lipinski definition) is 1. The molecule has 1 aliphatic carbocycles. The first kappa shape index (κ1) is 15.9. The van der Waals surface area contributed by atoms with E-state index < -0.39 is 11.6 Å². The third kappa shape index (κ3) is 3.57. The van der Waals surface area contributed by atoms with Crippen molar-refractivity contribution in [2.45, 2.75) is 44.3 Å². The summed E-state index contributed by atoms with van der Waals surface area (Å²) in [7, 11) is 3.94. The Hall–Kier alpha value is -0.520. The first-order chi connectivity index (χ1) is 9.52. The smallest absolute Gasteiger partial charge is 0.144 e. The summed E-state index contributed by atoms with van der Waals surface area (Å²) in [4.78, 5) is 2.07. The Kier molecular flexibility index (Phi) is 5.52. The van der Waals surface area contributed by atoms with Gasteiger partial charge in [-0.1, -0.05) is 0 Å². The Morgan fingerprint density at radius 2 is 1.90 bits per heavy atom. The zero-order chi connectivity index (χ0) is 14.7. The van der Waals surface area contributed by atoms with Gasteiger partial charge in [-0.3, -0.25) is 4.90 Å². The monoisotopic (exact) mass is 346 g/mol. The van der Waals surface area contributed by atoms with Crippen molar-refractivity contribution in [2.75, 3.05) is 14.1 Å². The maximum Gasteiger partial charge on any atom is 0.144 e. The van der Waals surface area contributed by atoms with E-state index in [-0.39, 0.29) is 5.56 Å². The average molecular weight is 347 g/mol. The molecule has 2 nitrogen and oxygen atoms in total. The maximum absolute atomic E-state index is 14.0. The summed E-state index contributed by atoms with van der Waals surface area (Å²) in [6, 6.07) is 3.71. The van der Waals surface area contributed by atoms with Gasteiger partial charge in [0.15, 0.2) is 0 Å². The summed E-state index contributed by atoms with van der Waals surface area (Å²) in [6.45, 7) is 0.312. The number of nitrogens with one attached hydrogen (secondary N) is 1. The second-order valence-electron chi connectivity index (χ2n) is 5.53. The molecule has 0 spiro atoms. The molecule has 2 rings (SSSR count). The molecule has 5 heteroatoms. The standard InChI is InChI=1S/C15H21BrF2N2/c1-19-10-3-5-11(6-4-10)20(2)9-12-14(17)8-7-13(16)15(12)18/h7-8,10-11,19H,3-6,9H2,1-2H3. The summed E-state index contributed by atoms with van der Waals surface area (Å²) >= 11 is 3.11. The molecule has 0 aliphatic heterocycles. The summed E-state index contributed by atoms with van der Waals surface area (Å²) in [6.07, 6.45) is 4.38. The van der Waals surface area contributed by atoms with Crippen LogP contribution in [0.3, 0.4) is 0 Å². The van der Waals surface area contributed by atoms with Gasteiger partial charge in [-0.05, 0) is 67.8 Å². The minimum atomic E-state index is -0.485. The molecule has 1 aromatic rings. The SMILES string of the molecule is CNC1CCC(N(C)Cc2c(F)ccc(Br)c2F)CC1. The van der Waals surface area contributed by atoms with Crippen molar-refractivity contribution in [3.8, 4) is 0 Å². The van der Waals surface area contributed by atoms with E-state index in [2.05, 4.69) is 26.1 Å². The Morgan fingerprint density at radius 1 is 1.25 bits per heavy atom. The van der Waals surface area contributed by atoms with Crippen LogP contribution in [-0.2, 0) is 6.54 Å². The zero-order valence-corrected chi connectivity index (χ0v) is 13.5. The van der Waals surface area contributed by atoms with Gasteiger partial charge in [0, 0.05) is 24.2 Å². The Labute approximate surface area is 127 Å². The lowest BCUT2D eigenvalue weighted by Crippen LogP contribution is -2.39. The Morgan fingerprint density at radius 3 is 2.50 bits per heavy atom. The summed E-state index contributed by atoms with van der Waals surface area (Å²) in [5, 5.41) is 3.29. The molecule has 20 heavy (non-hydrogen) atoms. The van der Waals surface area contributed by atoms with Crippen LogP contribution in [0.5, 0.6) is 0 Å². The van der Waals surface area contributed by atoms with Crippen molar-refractivity contribution < 1.29 is 8.78 Å². The average Bonchev–Trinajstić information content (AvgIpc) is 2.47. The highest BCUT2D eigenvalue weighted by Crippen LogP contribution is 2.26. The molecule has 0 bridgehead atoms. The van der Waals surface area contributed by atoms with Gasteiger partial charge >= 0.3 is 0 Å². The van der Waals surface area contributed by atoms with E-state index in [1.54, 1.807) is 0 Å². The van der Waals surface area contributed by atoms with Crippen molar-refractivity contribution in [3.63, 3.8) is 0 Å². The van der Waals surface area contributed by atoms with E-state index in [0.29, 0.717) is 23.1 Å². The minimum absolute atomic E-state index is 0.151. The molecular formula is C15H21BrF2N2. The van der Waals surface area contributed by atoms with E-state index in [0.717, 1.165) is 25.7 Å². The lowest BCUT2D eigenvalue weighted by atomic mass is 9.90. The third-order valence-corrected chi connectivity index (χ3v) is 4.89. The third-order valence-electron chi connectivity index (χ3n) is 4.27. The molecule has 1 aliphatic rings. The summed E-state index contributed by atoms with van der Waals surface area (Å²) in [5.74, 6) is -0.956. The van der Waals surface area contributed by atoms with Crippen LogP contribution in [-0.4, -0.2) is 31.1 Å². The van der Waals surface area contributed by atoms with Gasteiger partial charge < -0.3 is 5.32 Å². The molecule has 1 fully saturated rings. The minimum Gasteiger partial charge on any atom is -0.317 e. The van der Waals surface area contributed by atoms with Crippen LogP contribution >= 0.6 is 15.9 Å². The molecule has 0 radical (unpaired) electrons. The largest absolute Gasteiger partial charge is 0.317 e. The highest BCUT2D eigenvalue weighted by Gasteiger charge is 2.24. The highest BCUT2D eigenvalue weighted by atomic mass is 79.9. The Balaban J connectivity index is 2.02. The van der Waals surface area contributed by atoms with Crippen molar-refractivity contribution in [3.05, 3.63) is 33.8 Å². The molecule has 0 amide bonds. The van der Waals surface area contributed by atoms with Gasteiger partial charge in [0.25, 0.3) is 0 Å². The summed E-state index contributed by atoms with van der Waals surface area (Å²) in [5.41, 5.74) is 0.151. The quantitative estimate of drug-likeness (QED) is 0.836. The highest BCUT2D eigenvalue weighted by molar-refractivity contribution is 9.10. The van der Waals surface area contributed by atoms with E-state index in [4.69, 9.17) is 0 Å². The lowest BCUT2D eigenvalue weighted by molar-refractivity contribution is 0.166. The zero-order valence-electron chi connectivity index (χ0n) is 11.9. The van der Waals surface area contributed by atoms with Crippen LogP contribution in [0.2, 0.25) is 0 Å². The van der Waals surface area contributed by atoms with Crippen molar-refractivity contribution in [1.29, 1.82) is 0 Å². The first-order valence-electron chi connectivity index (χ1n) is 7.02. The van der Waals surface area contributed by atoms with Gasteiger partial charge in [0.2, 0.25) is 0 Å². The molecule has 0 unspecified atom stereocenters. The van der Waals surface area contributed by atoms with E-state index >= 15 is 0 Å². The second kappa shape index (κ2) is 6.96. The molecule has 112 valence electrons. The fourth-order valence-corrected chi connectivity index (χ4v) is 3.27. The van der Waals surface area contributed by atoms with E-state index in [1.807, 2.05) is 14.1 Å². The van der Waals surface area contributed by atoms with E-state index in [9.17, 15) is 8.78 Å². The van der Waals surface area contributed by atoms with Crippen molar-refractivity contribution in [2.24, 2.45) is 0 Å². The van der Waals surface area contributed by atoms with Gasteiger partial charge in [-0.15, -0.1) is 0 Å². The molecule has 1 aromatic carbocycles. The van der Waals surface area contributed by atoms with E-state index in [1.165, 1.54) is 12.1 Å². The van der Waals surface area contributed by atoms with Crippen LogP contribution in [0, 0.1) is 11.6 Å². The maximum atomic E-state index is 14.0. The fourth-order valence-electron chi connectivity index (χ4n) is 2.90. The number of halogens is 3. The van der Waals surface area contributed by atoms with Gasteiger partial charge in [-0.25, -0.2) is 8.78 Å². The van der Waals surface area contributed by atoms with Gasteiger partial charge in [0.1, 0.15) is 11.6 Å². The molecule has 1 saturated carbocycles. The number of nitrogens with zero attached hydrogens (tertiary/aromatic N) is 1. The fraction of sp³-hybridized carbons (Fsp3) is 0.600. The van der Waals surface area contributed by atoms with Crippen LogP contribution < -0.4 is 5.32 Å². The first-order valence-corrected chi connectivity index (χ1v) is 7.82. The molecule has 0 saturated heterocycles. The predicted molar refractivity (Wildman–Crippen MR) is 80.6 cm³/mol. The Bertz CT molecular complexity index is 459. The molecular weight excluding hydrogens is 326 g/mol. The second-order valence-corrected chi connectivity index (χ2v) is 6.39. The van der Waals surface area contributed by atoms with Gasteiger partial charge in [0.05, 0.1) is 4.47 Å². The molecule has 1 N–H and O–H groups in total. The number of rotatable bonds is 4. The molecule has 0 heterocycles. The van der Waals surface area contributed by atoms with Crippen LogP contribution in [0.15, 0.2) is 16.6 Å². The molecule has 0 aromatic heterocycles. The van der Waals surface area contributed by atoms with Crippen LogP contribution in [0.25, 0.3) is 0 Å². The number of benzene rings is 1. The predicted octanol–water partition coefficient (Wildman–Crippen LogP) is 3.69. The normalized spacial score (nSPS) is 23.3.